The van der Waals surface area contributed by atoms with Crippen molar-refractivity contribution in [2.24, 2.45) is 5.73 Å². The molecule has 24 heavy (non-hydrogen) atoms. The first-order valence-corrected chi connectivity index (χ1v) is 10.1. The van der Waals surface area contributed by atoms with Gasteiger partial charge in [0.05, 0.1) is 4.90 Å². The van der Waals surface area contributed by atoms with E-state index in [0.717, 1.165) is 50.9 Å². The van der Waals surface area contributed by atoms with Gasteiger partial charge in [-0.2, -0.15) is 0 Å². The summed E-state index contributed by atoms with van der Waals surface area (Å²) >= 11 is 0. The van der Waals surface area contributed by atoms with Crippen LogP contribution in [0.15, 0.2) is 29.2 Å². The third kappa shape index (κ3) is 5.82. The van der Waals surface area contributed by atoms with Gasteiger partial charge >= 0.3 is 0 Å². The number of sulfonamides is 1. The first-order valence-electron chi connectivity index (χ1n) is 8.58. The van der Waals surface area contributed by atoms with E-state index >= 15 is 0 Å². The van der Waals surface area contributed by atoms with Crippen LogP contribution >= 0.6 is 0 Å². The molecule has 1 heterocycles. The molecule has 3 N–H and O–H groups in total. The number of rotatable bonds is 9. The Labute approximate surface area is 145 Å². The van der Waals surface area contributed by atoms with Gasteiger partial charge in [-0.25, -0.2) is 13.1 Å². The molecule has 1 fully saturated rings. The molecule has 0 bridgehead atoms. The first kappa shape index (κ1) is 19.3. The standard InChI is InChI=1S/C17H29N3O3S/c1-23-14-2-3-15-4-6-17(7-5-15)24(21,22)19-16-8-11-20(12-9-16)13-10-18/h4-7,16,19H,2-3,8-14,18H2,1H3. The number of ether oxygens (including phenoxy) is 1. The smallest absolute Gasteiger partial charge is 0.240 e. The Balaban J connectivity index is 1.88. The number of aryl methyl sites for hydroxylation is 1. The first-order chi connectivity index (χ1) is 11.5. The van der Waals surface area contributed by atoms with Gasteiger partial charge in [0, 0.05) is 32.8 Å². The topological polar surface area (TPSA) is 84.7 Å². The average Bonchev–Trinajstić information content (AvgIpc) is 2.57. The third-order valence-corrected chi connectivity index (χ3v) is 5.94. The molecule has 1 aromatic carbocycles. The number of nitrogens with zero attached hydrogens (tertiary/aromatic N) is 1. The van der Waals surface area contributed by atoms with Crippen LogP contribution in [-0.4, -0.2) is 59.3 Å². The number of benzene rings is 1. The fourth-order valence-corrected chi connectivity index (χ4v) is 4.31. The van der Waals surface area contributed by atoms with Crippen LogP contribution in [0.4, 0.5) is 0 Å². The third-order valence-electron chi connectivity index (χ3n) is 4.40. The lowest BCUT2D eigenvalue weighted by Crippen LogP contribution is -2.45. The zero-order chi connectivity index (χ0) is 17.4. The predicted octanol–water partition coefficient (Wildman–Crippen LogP) is 0.967. The maximum Gasteiger partial charge on any atom is 0.240 e. The fourth-order valence-electron chi connectivity index (χ4n) is 3.00. The highest BCUT2D eigenvalue weighted by Crippen LogP contribution is 2.16. The van der Waals surface area contributed by atoms with E-state index in [0.29, 0.717) is 18.0 Å². The van der Waals surface area contributed by atoms with Crippen LogP contribution in [0.2, 0.25) is 0 Å². The Morgan fingerprint density at radius 3 is 2.50 bits per heavy atom. The average molecular weight is 356 g/mol. The summed E-state index contributed by atoms with van der Waals surface area (Å²) in [5.41, 5.74) is 6.69. The highest BCUT2D eigenvalue weighted by Gasteiger charge is 2.24. The van der Waals surface area contributed by atoms with Gasteiger partial charge in [0.2, 0.25) is 10.0 Å². The largest absolute Gasteiger partial charge is 0.385 e. The van der Waals surface area contributed by atoms with Gasteiger partial charge in [-0.05, 0) is 56.5 Å². The molecule has 136 valence electrons. The molecule has 0 amide bonds. The number of nitrogens with one attached hydrogen (secondary N) is 1. The Morgan fingerprint density at radius 2 is 1.92 bits per heavy atom. The van der Waals surface area contributed by atoms with E-state index in [2.05, 4.69) is 9.62 Å². The molecular weight excluding hydrogens is 326 g/mol. The van der Waals surface area contributed by atoms with Gasteiger partial charge < -0.3 is 15.4 Å². The SMILES string of the molecule is COCCCc1ccc(S(=O)(=O)NC2CCN(CCN)CC2)cc1. The zero-order valence-electron chi connectivity index (χ0n) is 14.4. The maximum absolute atomic E-state index is 12.5. The van der Waals surface area contributed by atoms with Gasteiger partial charge in [0.1, 0.15) is 0 Å². The van der Waals surface area contributed by atoms with Gasteiger partial charge in [-0.15, -0.1) is 0 Å². The Bertz CT molecular complexity index is 582. The number of hydrogen-bond acceptors (Lipinski definition) is 5. The van der Waals surface area contributed by atoms with Crippen LogP contribution in [-0.2, 0) is 21.2 Å². The molecule has 0 spiro atoms. The quantitative estimate of drug-likeness (QED) is 0.645. The van der Waals surface area contributed by atoms with Crippen molar-refractivity contribution >= 4 is 10.0 Å². The van der Waals surface area contributed by atoms with Gasteiger partial charge in [0.25, 0.3) is 0 Å². The summed E-state index contributed by atoms with van der Waals surface area (Å²) < 4.78 is 32.9. The molecule has 1 aliphatic rings. The lowest BCUT2D eigenvalue weighted by atomic mass is 10.1. The van der Waals surface area contributed by atoms with E-state index in [4.69, 9.17) is 10.5 Å². The monoisotopic (exact) mass is 355 g/mol. The molecule has 0 saturated carbocycles. The zero-order valence-corrected chi connectivity index (χ0v) is 15.2. The van der Waals surface area contributed by atoms with Crippen molar-refractivity contribution < 1.29 is 13.2 Å². The molecule has 1 aliphatic heterocycles. The number of likely N-dealkylation sites (tertiary alicyclic amines) is 1. The summed E-state index contributed by atoms with van der Waals surface area (Å²) in [4.78, 5) is 2.61. The van der Waals surface area contributed by atoms with Crippen LogP contribution in [0, 0.1) is 0 Å². The second-order valence-electron chi connectivity index (χ2n) is 6.27. The van der Waals surface area contributed by atoms with Crippen molar-refractivity contribution in [2.45, 2.75) is 36.6 Å². The number of methoxy groups -OCH3 is 1. The van der Waals surface area contributed by atoms with E-state index < -0.39 is 10.0 Å². The van der Waals surface area contributed by atoms with Crippen LogP contribution in [0.3, 0.4) is 0 Å². The van der Waals surface area contributed by atoms with Crippen LogP contribution in [0.1, 0.15) is 24.8 Å². The summed E-state index contributed by atoms with van der Waals surface area (Å²) in [5, 5.41) is 0. The molecule has 1 aromatic rings. The van der Waals surface area contributed by atoms with Gasteiger partial charge in [-0.1, -0.05) is 12.1 Å². The van der Waals surface area contributed by atoms with Crippen molar-refractivity contribution in [3.63, 3.8) is 0 Å². The Hall–Kier alpha value is -0.990. The van der Waals surface area contributed by atoms with Crippen LogP contribution < -0.4 is 10.5 Å². The Morgan fingerprint density at radius 1 is 1.25 bits per heavy atom. The maximum atomic E-state index is 12.5. The summed E-state index contributed by atoms with van der Waals surface area (Å²) in [7, 11) is -1.77. The lowest BCUT2D eigenvalue weighted by molar-refractivity contribution is 0.195. The summed E-state index contributed by atoms with van der Waals surface area (Å²) in [6.45, 7) is 4.02. The normalized spacial score (nSPS) is 17.2. The molecule has 0 radical (unpaired) electrons. The minimum atomic E-state index is -3.45. The molecule has 1 saturated heterocycles. The van der Waals surface area contributed by atoms with Crippen molar-refractivity contribution in [3.8, 4) is 0 Å². The van der Waals surface area contributed by atoms with E-state index in [1.54, 1.807) is 19.2 Å². The van der Waals surface area contributed by atoms with Crippen LogP contribution in [0.5, 0.6) is 0 Å². The molecule has 7 heteroatoms. The molecule has 0 aromatic heterocycles. The lowest BCUT2D eigenvalue weighted by Gasteiger charge is -2.31. The summed E-state index contributed by atoms with van der Waals surface area (Å²) in [6.07, 6.45) is 3.48. The fraction of sp³-hybridized carbons (Fsp3) is 0.647. The molecule has 0 unspecified atom stereocenters. The van der Waals surface area contributed by atoms with E-state index in [1.165, 1.54) is 0 Å². The summed E-state index contributed by atoms with van der Waals surface area (Å²) in [5.74, 6) is 0. The molecular formula is C17H29N3O3S. The van der Waals surface area contributed by atoms with Crippen molar-refractivity contribution in [3.05, 3.63) is 29.8 Å². The highest BCUT2D eigenvalue weighted by molar-refractivity contribution is 7.89. The minimum Gasteiger partial charge on any atom is -0.385 e. The number of hydrogen-bond donors (Lipinski definition) is 2. The molecule has 0 atom stereocenters. The molecule has 2 rings (SSSR count). The predicted molar refractivity (Wildman–Crippen MR) is 95.5 cm³/mol. The number of nitrogens with two attached hydrogens (primary N) is 1. The second-order valence-corrected chi connectivity index (χ2v) is 7.98. The number of piperidine rings is 1. The summed E-state index contributed by atoms with van der Waals surface area (Å²) in [6, 6.07) is 7.15. The second kappa shape index (κ2) is 9.48. The van der Waals surface area contributed by atoms with Gasteiger partial charge in [0.15, 0.2) is 0 Å². The van der Waals surface area contributed by atoms with E-state index in [-0.39, 0.29) is 6.04 Å². The van der Waals surface area contributed by atoms with Crippen LogP contribution in [0.25, 0.3) is 0 Å². The highest BCUT2D eigenvalue weighted by atomic mass is 32.2. The van der Waals surface area contributed by atoms with Gasteiger partial charge in [-0.3, -0.25) is 0 Å². The van der Waals surface area contributed by atoms with E-state index in [9.17, 15) is 8.42 Å². The molecule has 0 aliphatic carbocycles. The van der Waals surface area contributed by atoms with E-state index in [1.807, 2.05) is 12.1 Å². The Kier molecular flexibility index (Phi) is 7.64. The van der Waals surface area contributed by atoms with Crippen molar-refractivity contribution in [2.75, 3.05) is 39.9 Å². The van der Waals surface area contributed by atoms with Crippen molar-refractivity contribution in [1.82, 2.24) is 9.62 Å². The molecule has 6 nitrogen and oxygen atoms in total. The minimum absolute atomic E-state index is 0.00500. The van der Waals surface area contributed by atoms with Crippen molar-refractivity contribution in [1.29, 1.82) is 0 Å².